The van der Waals surface area contributed by atoms with Crippen molar-refractivity contribution in [2.45, 2.75) is 0 Å². The molecule has 3 aromatic rings. The van der Waals surface area contributed by atoms with Gasteiger partial charge in [0.1, 0.15) is 0 Å². The number of fused-ring (bicyclic) bond motifs is 3. The van der Waals surface area contributed by atoms with Crippen molar-refractivity contribution in [3.8, 4) is 0 Å². The lowest BCUT2D eigenvalue weighted by molar-refractivity contribution is 0.0684. The number of hydrogen-bond donors (Lipinski definition) is 2. The van der Waals surface area contributed by atoms with Gasteiger partial charge in [-0.2, -0.15) is 0 Å². The second-order valence-corrected chi connectivity index (χ2v) is 3.60. The van der Waals surface area contributed by atoms with Crippen molar-refractivity contribution < 1.29 is 9.90 Å². The number of H-pyrrole nitrogens is 1. The molecule has 0 saturated heterocycles. The van der Waals surface area contributed by atoms with Crippen molar-refractivity contribution in [3.05, 3.63) is 42.4 Å². The predicted molar refractivity (Wildman–Crippen MR) is 60.6 cm³/mol. The van der Waals surface area contributed by atoms with Crippen LogP contribution in [-0.2, 0) is 0 Å². The Balaban J connectivity index is 2.46. The first kappa shape index (κ1) is 8.91. The van der Waals surface area contributed by atoms with Crippen molar-refractivity contribution in [1.82, 2.24) is 9.97 Å². The number of aromatic amines is 1. The summed E-state index contributed by atoms with van der Waals surface area (Å²) in [6.07, 6.45) is 1.57. The van der Waals surface area contributed by atoms with E-state index >= 15 is 0 Å². The molecule has 0 unspecified atom stereocenters. The Kier molecular flexibility index (Phi) is 1.71. The highest BCUT2D eigenvalue weighted by atomic mass is 16.4. The maximum absolute atomic E-state index is 10.8. The number of carbonyl (C=O) groups is 1. The lowest BCUT2D eigenvalue weighted by Crippen LogP contribution is -2.03. The van der Waals surface area contributed by atoms with E-state index in [1.54, 1.807) is 6.20 Å². The number of aromatic carboxylic acids is 1. The molecular weight excluding hydrogens is 204 g/mol. The van der Waals surface area contributed by atoms with Gasteiger partial charge >= 0.3 is 5.97 Å². The molecule has 4 heteroatoms. The van der Waals surface area contributed by atoms with Gasteiger partial charge in [-0.1, -0.05) is 30.3 Å². The Labute approximate surface area is 90.5 Å². The van der Waals surface area contributed by atoms with Gasteiger partial charge < -0.3 is 10.1 Å². The molecule has 2 aromatic carbocycles. The van der Waals surface area contributed by atoms with E-state index in [1.807, 2.05) is 30.3 Å². The molecule has 0 atom stereocenters. The molecular formula is C12H8N2O2. The van der Waals surface area contributed by atoms with Gasteiger partial charge in [0, 0.05) is 17.0 Å². The van der Waals surface area contributed by atoms with Gasteiger partial charge in [-0.3, -0.25) is 0 Å². The maximum Gasteiger partial charge on any atom is 0.371 e. The fourth-order valence-electron chi connectivity index (χ4n) is 1.87. The molecule has 2 N–H and O–H groups in total. The Morgan fingerprint density at radius 3 is 2.81 bits per heavy atom. The largest absolute Gasteiger partial charge is 0.475 e. The minimum atomic E-state index is -1.05. The van der Waals surface area contributed by atoms with Gasteiger partial charge in [0.05, 0.1) is 5.52 Å². The predicted octanol–water partition coefficient (Wildman–Crippen LogP) is 2.41. The van der Waals surface area contributed by atoms with Crippen LogP contribution in [0.2, 0.25) is 0 Å². The van der Waals surface area contributed by atoms with Crippen molar-refractivity contribution in [1.29, 1.82) is 0 Å². The smallest absolute Gasteiger partial charge is 0.371 e. The van der Waals surface area contributed by atoms with Crippen LogP contribution in [0.4, 0.5) is 0 Å². The van der Waals surface area contributed by atoms with Crippen molar-refractivity contribution in [2.24, 2.45) is 0 Å². The topological polar surface area (TPSA) is 66.0 Å². The summed E-state index contributed by atoms with van der Waals surface area (Å²) >= 11 is 0. The highest BCUT2D eigenvalue weighted by molar-refractivity contribution is 6.06. The van der Waals surface area contributed by atoms with Crippen LogP contribution in [-0.4, -0.2) is 21.0 Å². The molecule has 0 bridgehead atoms. The highest BCUT2D eigenvalue weighted by Gasteiger charge is 2.07. The third kappa shape index (κ3) is 1.16. The summed E-state index contributed by atoms with van der Waals surface area (Å²) in [5, 5.41) is 11.9. The summed E-state index contributed by atoms with van der Waals surface area (Å²) in [5.74, 6) is -1.09. The number of hydrogen-bond acceptors (Lipinski definition) is 2. The highest BCUT2D eigenvalue weighted by Crippen LogP contribution is 2.23. The van der Waals surface area contributed by atoms with Crippen LogP contribution in [0.15, 0.2) is 36.5 Å². The average Bonchev–Trinajstić information content (AvgIpc) is 2.76. The van der Waals surface area contributed by atoms with Gasteiger partial charge in [0.15, 0.2) is 0 Å². The fourth-order valence-corrected chi connectivity index (χ4v) is 1.87. The molecule has 0 aliphatic heterocycles. The van der Waals surface area contributed by atoms with Crippen LogP contribution in [0.3, 0.4) is 0 Å². The van der Waals surface area contributed by atoms with Crippen LogP contribution in [0.1, 0.15) is 10.6 Å². The molecule has 0 saturated carbocycles. The summed E-state index contributed by atoms with van der Waals surface area (Å²) < 4.78 is 0. The molecule has 1 heterocycles. The minimum absolute atomic E-state index is 0.0406. The summed E-state index contributed by atoms with van der Waals surface area (Å²) in [7, 11) is 0. The molecule has 0 spiro atoms. The Morgan fingerprint density at radius 1 is 1.19 bits per heavy atom. The van der Waals surface area contributed by atoms with Gasteiger partial charge in [0.25, 0.3) is 0 Å². The molecule has 16 heavy (non-hydrogen) atoms. The third-order valence-corrected chi connectivity index (χ3v) is 2.63. The van der Waals surface area contributed by atoms with Crippen LogP contribution in [0, 0.1) is 0 Å². The van der Waals surface area contributed by atoms with E-state index in [9.17, 15) is 4.79 Å². The SMILES string of the molecule is O=C(O)c1ncc2ccc3cccc3c2[nH]1. The summed E-state index contributed by atoms with van der Waals surface area (Å²) in [6.45, 7) is 0. The molecule has 3 rings (SSSR count). The minimum Gasteiger partial charge on any atom is -0.475 e. The zero-order valence-corrected chi connectivity index (χ0v) is 8.27. The van der Waals surface area contributed by atoms with Crippen LogP contribution in [0.5, 0.6) is 0 Å². The molecule has 4 nitrogen and oxygen atoms in total. The van der Waals surface area contributed by atoms with Crippen LogP contribution in [0.25, 0.3) is 21.7 Å². The van der Waals surface area contributed by atoms with Crippen molar-refractivity contribution >= 4 is 27.6 Å². The van der Waals surface area contributed by atoms with E-state index in [-0.39, 0.29) is 5.82 Å². The summed E-state index contributed by atoms with van der Waals surface area (Å²) in [6, 6.07) is 9.81. The van der Waals surface area contributed by atoms with E-state index in [0.29, 0.717) is 0 Å². The monoisotopic (exact) mass is 212 g/mol. The summed E-state index contributed by atoms with van der Waals surface area (Å²) in [5.41, 5.74) is 0.815. The molecule has 0 fully saturated rings. The number of nitrogens with one attached hydrogen (secondary N) is 1. The zero-order chi connectivity index (χ0) is 11.1. The average molecular weight is 212 g/mol. The normalized spacial score (nSPS) is 11.0. The van der Waals surface area contributed by atoms with Gasteiger partial charge in [0.2, 0.25) is 5.82 Å². The van der Waals surface area contributed by atoms with E-state index < -0.39 is 5.97 Å². The van der Waals surface area contributed by atoms with Gasteiger partial charge in [-0.05, 0) is 5.39 Å². The molecule has 0 aliphatic rings. The molecule has 0 radical (unpaired) electrons. The van der Waals surface area contributed by atoms with E-state index in [4.69, 9.17) is 5.11 Å². The summed E-state index contributed by atoms with van der Waals surface area (Å²) in [4.78, 5) is 17.5. The van der Waals surface area contributed by atoms with E-state index in [2.05, 4.69) is 9.97 Å². The Hall–Kier alpha value is -2.36. The molecule has 0 amide bonds. The van der Waals surface area contributed by atoms with Crippen LogP contribution < -0.4 is 0 Å². The fraction of sp³-hybridized carbons (Fsp3) is 0. The third-order valence-electron chi connectivity index (χ3n) is 2.63. The zero-order valence-electron chi connectivity index (χ0n) is 8.27. The van der Waals surface area contributed by atoms with E-state index in [0.717, 1.165) is 21.7 Å². The second-order valence-electron chi connectivity index (χ2n) is 3.60. The van der Waals surface area contributed by atoms with Crippen molar-refractivity contribution in [3.63, 3.8) is 0 Å². The van der Waals surface area contributed by atoms with Crippen LogP contribution >= 0.6 is 0 Å². The first-order valence-electron chi connectivity index (χ1n) is 4.85. The quantitative estimate of drug-likeness (QED) is 0.651. The number of aromatic nitrogens is 2. The standard InChI is InChI=1S/C12H8N2O2/c15-12(16)11-13-6-8-5-4-7-2-1-3-9(7)10(8)14-11/h1-6H,(H,13,14)(H,15,16). The van der Waals surface area contributed by atoms with E-state index in [1.165, 1.54) is 0 Å². The number of rotatable bonds is 1. The number of benzene rings is 1. The number of nitrogens with zero attached hydrogens (tertiary/aromatic N) is 1. The first-order valence-corrected chi connectivity index (χ1v) is 4.85. The first-order chi connectivity index (χ1) is 7.75. The number of carboxylic acids is 1. The Morgan fingerprint density at radius 2 is 2.00 bits per heavy atom. The molecule has 0 aliphatic carbocycles. The lowest BCUT2D eigenvalue weighted by Gasteiger charge is -2.02. The Bertz CT molecular complexity index is 700. The molecule has 78 valence electrons. The maximum atomic E-state index is 10.8. The van der Waals surface area contributed by atoms with Crippen molar-refractivity contribution in [2.75, 3.05) is 0 Å². The van der Waals surface area contributed by atoms with Gasteiger partial charge in [-0.25, -0.2) is 9.78 Å². The molecule has 1 aromatic heterocycles. The second kappa shape index (κ2) is 3.06. The lowest BCUT2D eigenvalue weighted by atomic mass is 10.1. The number of carboxylic acid groups (broad SMARTS) is 1. The van der Waals surface area contributed by atoms with Gasteiger partial charge in [-0.15, -0.1) is 0 Å².